The van der Waals surface area contributed by atoms with Gasteiger partial charge in [-0.2, -0.15) is 0 Å². The summed E-state index contributed by atoms with van der Waals surface area (Å²) in [6.45, 7) is 2.23. The first-order chi connectivity index (χ1) is 10.4. The van der Waals surface area contributed by atoms with E-state index < -0.39 is 5.97 Å². The SMILES string of the molecule is C[N+](C)(C)CCO.C[N+](C)(C)CCO.O=C([O-])c1cccnc1.[Cl-]. The quantitative estimate of drug-likeness (QED) is 0.516. The molecule has 0 aliphatic carbocycles. The maximum atomic E-state index is 10.0. The number of rotatable bonds is 5. The zero-order valence-corrected chi connectivity index (χ0v) is 16.3. The number of quaternary nitrogens is 2. The van der Waals surface area contributed by atoms with E-state index in [9.17, 15) is 9.90 Å². The van der Waals surface area contributed by atoms with Gasteiger partial charge in [-0.3, -0.25) is 4.98 Å². The molecule has 0 aromatic carbocycles. The van der Waals surface area contributed by atoms with Crippen LogP contribution in [0.4, 0.5) is 0 Å². The number of likely N-dealkylation sites (N-methyl/N-ethyl adjacent to an activating group) is 2. The topological polar surface area (TPSA) is 93.5 Å². The van der Waals surface area contributed by atoms with E-state index in [1.807, 2.05) is 0 Å². The van der Waals surface area contributed by atoms with Crippen molar-refractivity contribution in [3.63, 3.8) is 0 Å². The number of aromatic nitrogens is 1. The molecule has 0 amide bonds. The van der Waals surface area contributed by atoms with Crippen LogP contribution in [0.1, 0.15) is 10.4 Å². The van der Waals surface area contributed by atoms with E-state index in [-0.39, 0.29) is 31.2 Å². The maximum absolute atomic E-state index is 10.0. The zero-order valence-electron chi connectivity index (χ0n) is 15.6. The fraction of sp³-hybridized carbons (Fsp3) is 0.625. The molecule has 1 aromatic heterocycles. The molecule has 1 heterocycles. The molecule has 24 heavy (non-hydrogen) atoms. The molecule has 1 aromatic rings. The number of pyridine rings is 1. The number of carbonyl (C=O) groups is 1. The monoisotopic (exact) mass is 365 g/mol. The average Bonchev–Trinajstić information content (AvgIpc) is 2.38. The largest absolute Gasteiger partial charge is 1.00 e. The minimum Gasteiger partial charge on any atom is -1.00 e. The molecule has 1 rings (SSSR count). The highest BCUT2D eigenvalue weighted by atomic mass is 35.5. The summed E-state index contributed by atoms with van der Waals surface area (Å²) < 4.78 is 1.69. The van der Waals surface area contributed by atoms with Gasteiger partial charge in [0, 0.05) is 18.0 Å². The number of carboxylic acid groups (broad SMARTS) is 1. The molecule has 7 nitrogen and oxygen atoms in total. The van der Waals surface area contributed by atoms with Crippen LogP contribution in [-0.4, -0.2) is 98.7 Å². The number of hydrogen-bond acceptors (Lipinski definition) is 5. The van der Waals surface area contributed by atoms with Gasteiger partial charge in [-0.15, -0.1) is 0 Å². The van der Waals surface area contributed by atoms with Crippen LogP contribution in [0.3, 0.4) is 0 Å². The van der Waals surface area contributed by atoms with Crippen LogP contribution in [-0.2, 0) is 0 Å². The van der Waals surface area contributed by atoms with Gasteiger partial charge in [0.15, 0.2) is 0 Å². The summed E-state index contributed by atoms with van der Waals surface area (Å²) in [5.41, 5.74) is 0.109. The van der Waals surface area contributed by atoms with E-state index in [1.54, 1.807) is 6.07 Å². The number of aliphatic hydroxyl groups is 2. The average molecular weight is 366 g/mol. The van der Waals surface area contributed by atoms with E-state index in [2.05, 4.69) is 47.3 Å². The second kappa shape index (κ2) is 14.1. The number of nitrogens with zero attached hydrogens (tertiary/aromatic N) is 3. The van der Waals surface area contributed by atoms with E-state index in [1.165, 1.54) is 18.5 Å². The standard InChI is InChI=1S/C6H5NO2.2C5H14NO.ClH/c8-6(9)5-2-1-3-7-4-5;2*1-6(2,3)4-5-7;/h1-4H,(H,8,9);2*7H,4-5H2,1-3H3;1H/q;2*+1;/p-2. The molecule has 0 bridgehead atoms. The van der Waals surface area contributed by atoms with Crippen LogP contribution >= 0.6 is 0 Å². The predicted octanol–water partition coefficient (Wildman–Crippen LogP) is -4.18. The third kappa shape index (κ3) is 23.0. The van der Waals surface area contributed by atoms with Gasteiger partial charge in [0.25, 0.3) is 0 Å². The van der Waals surface area contributed by atoms with Crippen LogP contribution < -0.4 is 17.5 Å². The molecule has 0 saturated carbocycles. The van der Waals surface area contributed by atoms with Crippen LogP contribution in [0.15, 0.2) is 24.5 Å². The summed E-state index contributed by atoms with van der Waals surface area (Å²) in [6.07, 6.45) is 2.75. The summed E-state index contributed by atoms with van der Waals surface area (Å²) >= 11 is 0. The smallest absolute Gasteiger partial charge is 0.101 e. The first-order valence-electron chi connectivity index (χ1n) is 7.37. The van der Waals surface area contributed by atoms with Crippen LogP contribution in [0.25, 0.3) is 0 Å². The lowest BCUT2D eigenvalue weighted by Crippen LogP contribution is -3.00. The van der Waals surface area contributed by atoms with Crippen LogP contribution in [0, 0.1) is 0 Å². The maximum Gasteiger partial charge on any atom is 0.101 e. The fourth-order valence-electron chi connectivity index (χ4n) is 1.08. The highest BCUT2D eigenvalue weighted by molar-refractivity contribution is 5.85. The lowest BCUT2D eigenvalue weighted by Gasteiger charge is -2.21. The Morgan fingerprint density at radius 2 is 1.46 bits per heavy atom. The molecular formula is C16H32ClN3O4. The molecule has 0 spiro atoms. The Labute approximate surface area is 151 Å². The Balaban J connectivity index is -0.000000274. The number of carbonyl (C=O) groups excluding carboxylic acids is 1. The lowest BCUT2D eigenvalue weighted by atomic mass is 10.3. The molecule has 0 unspecified atom stereocenters. The van der Waals surface area contributed by atoms with Crippen molar-refractivity contribution in [2.75, 3.05) is 68.6 Å². The van der Waals surface area contributed by atoms with E-state index in [0.29, 0.717) is 0 Å². The molecular weight excluding hydrogens is 334 g/mol. The number of halogens is 1. The highest BCUT2D eigenvalue weighted by Gasteiger charge is 2.02. The molecule has 2 N–H and O–H groups in total. The summed E-state index contributed by atoms with van der Waals surface area (Å²) in [7, 11) is 12.3. The van der Waals surface area contributed by atoms with E-state index in [4.69, 9.17) is 10.2 Å². The number of aliphatic hydroxyl groups excluding tert-OH is 2. The second-order valence-corrected chi connectivity index (χ2v) is 7.00. The van der Waals surface area contributed by atoms with Crippen LogP contribution in [0.2, 0.25) is 0 Å². The summed E-state index contributed by atoms with van der Waals surface area (Å²) in [6, 6.07) is 2.98. The van der Waals surface area contributed by atoms with Gasteiger partial charge in [-0.1, -0.05) is 6.07 Å². The molecule has 142 valence electrons. The Kier molecular flexibility index (Phi) is 16.2. The third-order valence-corrected chi connectivity index (χ3v) is 2.44. The van der Waals surface area contributed by atoms with Crippen molar-refractivity contribution in [3.8, 4) is 0 Å². The molecule has 0 aliphatic heterocycles. The van der Waals surface area contributed by atoms with Crippen molar-refractivity contribution in [2.24, 2.45) is 0 Å². The minimum atomic E-state index is -1.19. The highest BCUT2D eigenvalue weighted by Crippen LogP contribution is 1.91. The summed E-state index contributed by atoms with van der Waals surface area (Å²) in [5.74, 6) is -1.19. The summed E-state index contributed by atoms with van der Waals surface area (Å²) in [4.78, 5) is 13.6. The molecule has 0 aliphatic rings. The Morgan fingerprint density at radius 3 is 1.58 bits per heavy atom. The van der Waals surface area contributed by atoms with Crippen molar-refractivity contribution >= 4 is 5.97 Å². The first-order valence-corrected chi connectivity index (χ1v) is 7.37. The van der Waals surface area contributed by atoms with Crippen molar-refractivity contribution in [3.05, 3.63) is 30.1 Å². The molecule has 0 fully saturated rings. The van der Waals surface area contributed by atoms with Crippen molar-refractivity contribution in [2.45, 2.75) is 0 Å². The Morgan fingerprint density at radius 1 is 1.04 bits per heavy atom. The third-order valence-electron chi connectivity index (χ3n) is 2.44. The number of carboxylic acids is 1. The zero-order chi connectivity index (χ0) is 18.5. The predicted molar refractivity (Wildman–Crippen MR) is 88.5 cm³/mol. The Bertz CT molecular complexity index is 402. The van der Waals surface area contributed by atoms with Gasteiger partial charge in [-0.25, -0.2) is 0 Å². The fourth-order valence-corrected chi connectivity index (χ4v) is 1.08. The van der Waals surface area contributed by atoms with Gasteiger partial charge in [0.1, 0.15) is 13.1 Å². The molecule has 0 radical (unpaired) electrons. The van der Waals surface area contributed by atoms with E-state index in [0.717, 1.165) is 22.1 Å². The summed E-state index contributed by atoms with van der Waals surface area (Å²) in [5, 5.41) is 26.8. The van der Waals surface area contributed by atoms with Crippen LogP contribution in [0.5, 0.6) is 0 Å². The van der Waals surface area contributed by atoms with Gasteiger partial charge in [0.2, 0.25) is 0 Å². The number of hydrogen-bond donors (Lipinski definition) is 2. The number of aromatic carboxylic acids is 1. The molecule has 8 heteroatoms. The van der Waals surface area contributed by atoms with Gasteiger partial charge >= 0.3 is 0 Å². The van der Waals surface area contributed by atoms with Crippen molar-refractivity contribution < 1.29 is 41.5 Å². The van der Waals surface area contributed by atoms with E-state index >= 15 is 0 Å². The minimum absolute atomic E-state index is 0. The molecule has 0 atom stereocenters. The van der Waals surface area contributed by atoms with Crippen molar-refractivity contribution in [1.82, 2.24) is 4.98 Å². The van der Waals surface area contributed by atoms with Gasteiger partial charge < -0.3 is 41.5 Å². The first kappa shape index (κ1) is 27.6. The normalized spacial score (nSPS) is 10.3. The molecule has 0 saturated heterocycles. The van der Waals surface area contributed by atoms with Crippen molar-refractivity contribution in [1.29, 1.82) is 0 Å². The Hall–Kier alpha value is -1.25. The second-order valence-electron chi connectivity index (χ2n) is 7.00. The van der Waals surface area contributed by atoms with Gasteiger partial charge in [-0.05, 0) is 6.07 Å². The van der Waals surface area contributed by atoms with Gasteiger partial charge in [0.05, 0.1) is 61.5 Å². The lowest BCUT2D eigenvalue weighted by molar-refractivity contribution is -0.870.